The van der Waals surface area contributed by atoms with Gasteiger partial charge in [-0.25, -0.2) is 8.42 Å². The Morgan fingerprint density at radius 1 is 1.07 bits per heavy atom. The molecule has 1 saturated carbocycles. The summed E-state index contributed by atoms with van der Waals surface area (Å²) in [6.45, 7) is -1.42. The third kappa shape index (κ3) is 8.09. The van der Waals surface area contributed by atoms with Crippen LogP contribution in [0.4, 0.5) is 24.5 Å². The van der Waals surface area contributed by atoms with E-state index >= 15 is 0 Å². The van der Waals surface area contributed by atoms with Gasteiger partial charge in [0.25, 0.3) is 0 Å². The first kappa shape index (κ1) is 30.6. The molecule has 4 rings (SSSR count). The molecule has 222 valence electrons. The number of hydrogen-bond donors (Lipinski definition) is 4. The first-order chi connectivity index (χ1) is 19.5. The van der Waals surface area contributed by atoms with Gasteiger partial charge >= 0.3 is 6.18 Å². The van der Waals surface area contributed by atoms with Gasteiger partial charge < -0.3 is 30.4 Å². The summed E-state index contributed by atoms with van der Waals surface area (Å²) < 4.78 is 71.2. The molecule has 1 heterocycles. The van der Waals surface area contributed by atoms with Crippen LogP contribution in [0.3, 0.4) is 0 Å². The molecule has 0 saturated heterocycles. The quantitative estimate of drug-likeness (QED) is 0.259. The maximum atomic E-state index is 13.6. The van der Waals surface area contributed by atoms with E-state index in [9.17, 15) is 21.6 Å². The summed E-state index contributed by atoms with van der Waals surface area (Å²) in [7, 11) is -1.52. The molecule has 3 aromatic rings. The second-order valence-corrected chi connectivity index (χ2v) is 12.1. The third-order valence-electron chi connectivity index (χ3n) is 7.09. The van der Waals surface area contributed by atoms with Gasteiger partial charge in [-0.3, -0.25) is 0 Å². The number of anilines is 2. The number of halogens is 3. The standard InChI is InChI=1S/C29H35F3N4O4S/c1-33-20-8-10-21(11-9-20)35-25-6-3-7-27-24(25)17-22(36(27)19-29(30,31)32)5-4-14-34-26-13-12-23(41(2,38)39)18-28(26)40-16-15-37/h3,6-7,12-13,17-18,20-21,33-35,37H,8-11,14-16,19H2,1-2H3. The highest BCUT2D eigenvalue weighted by Gasteiger charge is 2.30. The highest BCUT2D eigenvalue weighted by molar-refractivity contribution is 7.90. The molecule has 0 atom stereocenters. The number of benzene rings is 2. The molecule has 0 radical (unpaired) electrons. The van der Waals surface area contributed by atoms with Crippen LogP contribution in [0, 0.1) is 11.8 Å². The zero-order chi connectivity index (χ0) is 29.6. The topological polar surface area (TPSA) is 105 Å². The molecule has 1 aromatic heterocycles. The number of rotatable bonds is 10. The Morgan fingerprint density at radius 2 is 1.80 bits per heavy atom. The number of aliphatic hydroxyl groups is 1. The fourth-order valence-corrected chi connectivity index (χ4v) is 5.67. The SMILES string of the molecule is CNC1CCC(Nc2cccc3c2cc(C#CCNc2ccc(S(C)(=O)=O)cc2OCCO)n3CC(F)(F)F)CC1. The number of sulfone groups is 1. The van der Waals surface area contributed by atoms with Crippen LogP contribution < -0.4 is 20.7 Å². The molecule has 0 aliphatic heterocycles. The Bertz CT molecular complexity index is 1520. The molecule has 0 amide bonds. The summed E-state index contributed by atoms with van der Waals surface area (Å²) in [5.74, 6) is 5.97. The Hall–Kier alpha value is -3.40. The number of nitrogens with one attached hydrogen (secondary N) is 3. The monoisotopic (exact) mass is 592 g/mol. The predicted molar refractivity (Wildman–Crippen MR) is 154 cm³/mol. The van der Waals surface area contributed by atoms with Gasteiger partial charge in [0.2, 0.25) is 0 Å². The number of ether oxygens (including phenoxy) is 1. The van der Waals surface area contributed by atoms with Gasteiger partial charge in [-0.15, -0.1) is 0 Å². The average molecular weight is 593 g/mol. The largest absolute Gasteiger partial charge is 0.489 e. The predicted octanol–water partition coefficient (Wildman–Crippen LogP) is 4.38. The Kier molecular flexibility index (Phi) is 9.73. The van der Waals surface area contributed by atoms with E-state index in [0.29, 0.717) is 22.6 Å². The normalized spacial score (nSPS) is 17.6. The number of nitrogens with zero attached hydrogens (tertiary/aromatic N) is 1. The van der Waals surface area contributed by atoms with E-state index in [2.05, 4.69) is 27.8 Å². The molecule has 12 heteroatoms. The van der Waals surface area contributed by atoms with Crippen molar-refractivity contribution in [2.24, 2.45) is 0 Å². The summed E-state index contributed by atoms with van der Waals surface area (Å²) >= 11 is 0. The first-order valence-electron chi connectivity index (χ1n) is 13.4. The van der Waals surface area contributed by atoms with E-state index in [1.807, 2.05) is 13.1 Å². The van der Waals surface area contributed by atoms with Crippen molar-refractivity contribution in [3.8, 4) is 17.6 Å². The molecule has 0 unspecified atom stereocenters. The van der Waals surface area contributed by atoms with E-state index in [1.54, 1.807) is 18.2 Å². The molecule has 4 N–H and O–H groups in total. The van der Waals surface area contributed by atoms with E-state index in [1.165, 1.54) is 22.8 Å². The lowest BCUT2D eigenvalue weighted by Crippen LogP contribution is -2.34. The number of hydrogen-bond acceptors (Lipinski definition) is 7. The summed E-state index contributed by atoms with van der Waals surface area (Å²) in [6, 6.07) is 12.0. The van der Waals surface area contributed by atoms with Crippen molar-refractivity contribution in [3.05, 3.63) is 48.2 Å². The third-order valence-corrected chi connectivity index (χ3v) is 8.20. The summed E-state index contributed by atoms with van der Waals surface area (Å²) in [5.41, 5.74) is 1.91. The first-order valence-corrected chi connectivity index (χ1v) is 15.3. The van der Waals surface area contributed by atoms with Crippen LogP contribution in [0.5, 0.6) is 5.75 Å². The van der Waals surface area contributed by atoms with Gasteiger partial charge in [-0.05, 0) is 69.0 Å². The molecule has 2 aromatic carbocycles. The smallest absolute Gasteiger partial charge is 0.406 e. The van der Waals surface area contributed by atoms with Gasteiger partial charge in [-0.2, -0.15) is 13.2 Å². The van der Waals surface area contributed by atoms with Gasteiger partial charge in [0.05, 0.1) is 34.9 Å². The molecule has 41 heavy (non-hydrogen) atoms. The molecule has 8 nitrogen and oxygen atoms in total. The van der Waals surface area contributed by atoms with E-state index in [-0.39, 0.29) is 42.1 Å². The van der Waals surface area contributed by atoms with Crippen LogP contribution in [0.1, 0.15) is 31.4 Å². The molecule has 1 aliphatic carbocycles. The molecule has 1 fully saturated rings. The lowest BCUT2D eigenvalue weighted by molar-refractivity contribution is -0.140. The highest BCUT2D eigenvalue weighted by Crippen LogP contribution is 2.32. The highest BCUT2D eigenvalue weighted by atomic mass is 32.2. The van der Waals surface area contributed by atoms with Crippen LogP contribution in [0.2, 0.25) is 0 Å². The van der Waals surface area contributed by atoms with Crippen molar-refractivity contribution in [1.29, 1.82) is 0 Å². The average Bonchev–Trinajstić information content (AvgIpc) is 3.26. The second-order valence-electron chi connectivity index (χ2n) is 10.1. The van der Waals surface area contributed by atoms with Crippen molar-refractivity contribution in [3.63, 3.8) is 0 Å². The van der Waals surface area contributed by atoms with Crippen molar-refractivity contribution in [2.75, 3.05) is 43.7 Å². The van der Waals surface area contributed by atoms with Crippen molar-refractivity contribution in [1.82, 2.24) is 9.88 Å². The van der Waals surface area contributed by atoms with Crippen LogP contribution >= 0.6 is 0 Å². The fraction of sp³-hybridized carbons (Fsp3) is 0.448. The maximum absolute atomic E-state index is 13.6. The lowest BCUT2D eigenvalue weighted by atomic mass is 9.91. The fourth-order valence-electron chi connectivity index (χ4n) is 5.04. The minimum absolute atomic E-state index is 0.0432. The number of aliphatic hydroxyl groups excluding tert-OH is 1. The minimum atomic E-state index is -4.43. The second kappa shape index (κ2) is 13.1. The Balaban J connectivity index is 1.58. The maximum Gasteiger partial charge on any atom is 0.406 e. The molecular formula is C29H35F3N4O4S. The number of aromatic nitrogens is 1. The van der Waals surface area contributed by atoms with E-state index in [0.717, 1.165) is 37.6 Å². The van der Waals surface area contributed by atoms with Crippen molar-refractivity contribution < 1.29 is 31.4 Å². The van der Waals surface area contributed by atoms with Gasteiger partial charge in [0.1, 0.15) is 18.9 Å². The van der Waals surface area contributed by atoms with E-state index in [4.69, 9.17) is 9.84 Å². The Labute approximate surface area is 238 Å². The van der Waals surface area contributed by atoms with Crippen LogP contribution in [0.15, 0.2) is 47.4 Å². The molecule has 0 spiro atoms. The lowest BCUT2D eigenvalue weighted by Gasteiger charge is -2.29. The summed E-state index contributed by atoms with van der Waals surface area (Å²) in [6.07, 6.45) is 0.651. The molecular weight excluding hydrogens is 557 g/mol. The Morgan fingerprint density at radius 3 is 2.46 bits per heavy atom. The zero-order valence-electron chi connectivity index (χ0n) is 23.0. The van der Waals surface area contributed by atoms with Crippen molar-refractivity contribution >= 4 is 32.1 Å². The summed E-state index contributed by atoms with van der Waals surface area (Å²) in [4.78, 5) is 0.0539. The number of fused-ring (bicyclic) bond motifs is 1. The minimum Gasteiger partial charge on any atom is -0.489 e. The summed E-state index contributed by atoms with van der Waals surface area (Å²) in [5, 5.41) is 19.7. The van der Waals surface area contributed by atoms with Gasteiger partial charge in [-0.1, -0.05) is 12.0 Å². The molecule has 0 bridgehead atoms. The van der Waals surface area contributed by atoms with Crippen LogP contribution in [-0.4, -0.2) is 69.4 Å². The van der Waals surface area contributed by atoms with Gasteiger partial charge in [0.15, 0.2) is 9.84 Å². The van der Waals surface area contributed by atoms with Gasteiger partial charge in [0, 0.05) is 35.5 Å². The van der Waals surface area contributed by atoms with Crippen LogP contribution in [-0.2, 0) is 16.4 Å². The molecule has 1 aliphatic rings. The van der Waals surface area contributed by atoms with Crippen molar-refractivity contribution in [2.45, 2.75) is 55.4 Å². The zero-order valence-corrected chi connectivity index (χ0v) is 23.8. The van der Waals surface area contributed by atoms with Crippen LogP contribution in [0.25, 0.3) is 10.9 Å². The number of alkyl halides is 3. The van der Waals surface area contributed by atoms with E-state index < -0.39 is 22.6 Å².